The number of carboxylic acid groups (broad SMARTS) is 1. The third-order valence-corrected chi connectivity index (χ3v) is 2.23. The number of likely N-dealkylation sites (tertiary alicyclic amines) is 1. The number of carboxylic acids is 1. The Bertz CT molecular complexity index is 290. The second-order valence-electron chi connectivity index (χ2n) is 3.37. The molecule has 1 amide bonds. The highest BCUT2D eigenvalue weighted by Crippen LogP contribution is 2.21. The van der Waals surface area contributed by atoms with Crippen molar-refractivity contribution in [1.29, 1.82) is 0 Å². The highest BCUT2D eigenvalue weighted by atomic mass is 16.6. The highest BCUT2D eigenvalue weighted by molar-refractivity contribution is 5.80. The first-order chi connectivity index (χ1) is 6.99. The van der Waals surface area contributed by atoms with Crippen LogP contribution in [-0.4, -0.2) is 52.5 Å². The lowest BCUT2D eigenvalue weighted by atomic mass is 10.0. The first-order valence-electron chi connectivity index (χ1n) is 4.48. The fraction of sp³-hybridized carbons (Fsp3) is 0.556. The van der Waals surface area contributed by atoms with E-state index in [0.717, 1.165) is 4.90 Å². The summed E-state index contributed by atoms with van der Waals surface area (Å²) >= 11 is 0. The maximum absolute atomic E-state index is 11.3. The van der Waals surface area contributed by atoms with Crippen molar-refractivity contribution >= 4 is 12.1 Å². The van der Waals surface area contributed by atoms with E-state index in [1.165, 1.54) is 6.08 Å². The van der Waals surface area contributed by atoms with Crippen LogP contribution in [0.4, 0.5) is 4.79 Å². The molecule has 0 aromatic rings. The van der Waals surface area contributed by atoms with Gasteiger partial charge in [0.05, 0.1) is 6.54 Å². The van der Waals surface area contributed by atoms with Gasteiger partial charge in [-0.15, -0.1) is 0 Å². The topological polar surface area (TPSA) is 87.1 Å². The van der Waals surface area contributed by atoms with Crippen LogP contribution < -0.4 is 0 Å². The highest BCUT2D eigenvalue weighted by Gasteiger charge is 2.45. The van der Waals surface area contributed by atoms with Crippen molar-refractivity contribution in [2.45, 2.75) is 12.0 Å². The van der Waals surface area contributed by atoms with Gasteiger partial charge >= 0.3 is 12.1 Å². The van der Waals surface area contributed by atoms with Gasteiger partial charge in [0.25, 0.3) is 0 Å². The number of nitrogens with zero attached hydrogens (tertiary/aromatic N) is 1. The Hall–Kier alpha value is -1.56. The fourth-order valence-corrected chi connectivity index (χ4v) is 1.35. The molecular formula is C9H13NO5. The molecular weight excluding hydrogens is 202 g/mol. The molecule has 1 unspecified atom stereocenters. The van der Waals surface area contributed by atoms with Gasteiger partial charge in [0.15, 0.2) is 5.60 Å². The van der Waals surface area contributed by atoms with Gasteiger partial charge in [-0.2, -0.15) is 0 Å². The van der Waals surface area contributed by atoms with Crippen molar-refractivity contribution in [2.24, 2.45) is 0 Å². The number of carbonyl (C=O) groups is 2. The fourth-order valence-electron chi connectivity index (χ4n) is 1.35. The van der Waals surface area contributed by atoms with Gasteiger partial charge in [-0.05, 0) is 0 Å². The van der Waals surface area contributed by atoms with Crippen LogP contribution in [0.2, 0.25) is 0 Å². The zero-order valence-electron chi connectivity index (χ0n) is 8.18. The third-order valence-electron chi connectivity index (χ3n) is 2.23. The summed E-state index contributed by atoms with van der Waals surface area (Å²) in [7, 11) is 0. The van der Waals surface area contributed by atoms with Gasteiger partial charge in [-0.3, -0.25) is 0 Å². The van der Waals surface area contributed by atoms with Crippen molar-refractivity contribution in [3.05, 3.63) is 12.7 Å². The summed E-state index contributed by atoms with van der Waals surface area (Å²) in [6, 6.07) is 0. The summed E-state index contributed by atoms with van der Waals surface area (Å²) in [6.45, 7) is 3.39. The summed E-state index contributed by atoms with van der Waals surface area (Å²) in [5.41, 5.74) is -1.84. The van der Waals surface area contributed by atoms with Crippen LogP contribution in [0.25, 0.3) is 0 Å². The largest absolute Gasteiger partial charge is 0.479 e. The Morgan fingerprint density at radius 3 is 2.73 bits per heavy atom. The average Bonchev–Trinajstić information content (AvgIpc) is 2.59. The Balaban J connectivity index is 2.52. The predicted molar refractivity (Wildman–Crippen MR) is 50.3 cm³/mol. The van der Waals surface area contributed by atoms with Crippen LogP contribution in [-0.2, 0) is 9.53 Å². The molecule has 0 aromatic carbocycles. The van der Waals surface area contributed by atoms with Crippen molar-refractivity contribution < 1.29 is 24.5 Å². The Labute approximate surface area is 86.7 Å². The normalized spacial score (nSPS) is 25.0. The molecule has 1 atom stereocenters. The van der Waals surface area contributed by atoms with Crippen LogP contribution in [0, 0.1) is 0 Å². The molecule has 0 aliphatic carbocycles. The van der Waals surface area contributed by atoms with Crippen molar-refractivity contribution in [2.75, 3.05) is 19.7 Å². The van der Waals surface area contributed by atoms with E-state index in [-0.39, 0.29) is 26.1 Å². The number of aliphatic hydroxyl groups is 1. The molecule has 0 saturated carbocycles. The molecule has 1 aliphatic rings. The average molecular weight is 215 g/mol. The standard InChI is InChI=1S/C9H13NO5/c1-2-5-15-8(13)10-4-3-9(14,6-10)7(11)12/h2,14H,1,3-6H2,(H,11,12). The zero-order valence-corrected chi connectivity index (χ0v) is 8.18. The van der Waals surface area contributed by atoms with E-state index in [0.29, 0.717) is 0 Å². The maximum Gasteiger partial charge on any atom is 0.410 e. The smallest absolute Gasteiger partial charge is 0.410 e. The van der Waals surface area contributed by atoms with Crippen LogP contribution in [0.1, 0.15) is 6.42 Å². The van der Waals surface area contributed by atoms with E-state index < -0.39 is 17.7 Å². The maximum atomic E-state index is 11.3. The molecule has 6 heteroatoms. The minimum Gasteiger partial charge on any atom is -0.479 e. The summed E-state index contributed by atoms with van der Waals surface area (Å²) in [6.07, 6.45) is 0.801. The van der Waals surface area contributed by atoms with E-state index in [1.54, 1.807) is 0 Å². The Morgan fingerprint density at radius 2 is 2.27 bits per heavy atom. The summed E-state index contributed by atoms with van der Waals surface area (Å²) in [5.74, 6) is -1.32. The summed E-state index contributed by atoms with van der Waals surface area (Å²) < 4.78 is 4.71. The lowest BCUT2D eigenvalue weighted by molar-refractivity contribution is -0.156. The number of aliphatic carboxylic acids is 1. The predicted octanol–water partition coefficient (Wildman–Crippen LogP) is -0.170. The van der Waals surface area contributed by atoms with E-state index in [2.05, 4.69) is 6.58 Å². The van der Waals surface area contributed by atoms with Crippen molar-refractivity contribution in [3.63, 3.8) is 0 Å². The van der Waals surface area contributed by atoms with Crippen LogP contribution in [0.5, 0.6) is 0 Å². The van der Waals surface area contributed by atoms with Gasteiger partial charge in [0.1, 0.15) is 6.61 Å². The van der Waals surface area contributed by atoms with Crippen LogP contribution >= 0.6 is 0 Å². The number of hydrogen-bond donors (Lipinski definition) is 2. The molecule has 15 heavy (non-hydrogen) atoms. The molecule has 1 aliphatic heterocycles. The van der Waals surface area contributed by atoms with Gasteiger partial charge in [0, 0.05) is 13.0 Å². The number of rotatable bonds is 3. The van der Waals surface area contributed by atoms with E-state index in [9.17, 15) is 14.7 Å². The molecule has 0 aromatic heterocycles. The monoisotopic (exact) mass is 215 g/mol. The van der Waals surface area contributed by atoms with Gasteiger partial charge < -0.3 is 19.8 Å². The molecule has 84 valence electrons. The zero-order chi connectivity index (χ0) is 11.5. The van der Waals surface area contributed by atoms with Gasteiger partial charge in [-0.1, -0.05) is 12.7 Å². The molecule has 1 rings (SSSR count). The minimum atomic E-state index is -1.84. The summed E-state index contributed by atoms with van der Waals surface area (Å²) in [4.78, 5) is 23.1. The van der Waals surface area contributed by atoms with Crippen LogP contribution in [0.15, 0.2) is 12.7 Å². The molecule has 1 saturated heterocycles. The quantitative estimate of drug-likeness (QED) is 0.638. The first-order valence-corrected chi connectivity index (χ1v) is 4.48. The minimum absolute atomic E-state index is 0.0194. The molecule has 2 N–H and O–H groups in total. The Kier molecular flexibility index (Phi) is 3.31. The molecule has 0 radical (unpaired) electrons. The number of amides is 1. The molecule has 0 spiro atoms. The summed E-state index contributed by atoms with van der Waals surface area (Å²) in [5, 5.41) is 18.2. The van der Waals surface area contributed by atoms with Crippen molar-refractivity contribution in [1.82, 2.24) is 4.90 Å². The first kappa shape index (κ1) is 11.5. The number of ether oxygens (including phenoxy) is 1. The molecule has 1 fully saturated rings. The van der Waals surface area contributed by atoms with Gasteiger partial charge in [-0.25, -0.2) is 9.59 Å². The Morgan fingerprint density at radius 1 is 1.60 bits per heavy atom. The van der Waals surface area contributed by atoms with E-state index in [4.69, 9.17) is 9.84 Å². The second-order valence-corrected chi connectivity index (χ2v) is 3.37. The lowest BCUT2D eigenvalue weighted by Crippen LogP contribution is -2.42. The van der Waals surface area contributed by atoms with Crippen LogP contribution in [0.3, 0.4) is 0 Å². The second kappa shape index (κ2) is 4.31. The molecule has 0 bridgehead atoms. The third kappa shape index (κ3) is 2.47. The van der Waals surface area contributed by atoms with Gasteiger partial charge in [0.2, 0.25) is 0 Å². The number of β-amino-alcohol motifs (C(OH)–C–C–N with tert-alkyl or cyclic N) is 1. The lowest BCUT2D eigenvalue weighted by Gasteiger charge is -2.18. The van der Waals surface area contributed by atoms with E-state index >= 15 is 0 Å². The number of carbonyl (C=O) groups excluding carboxylic acids is 1. The SMILES string of the molecule is C=CCOC(=O)N1CCC(O)(C(=O)O)C1. The molecule has 1 heterocycles. The van der Waals surface area contributed by atoms with E-state index in [1.807, 2.05) is 0 Å². The van der Waals surface area contributed by atoms with Crippen molar-refractivity contribution in [3.8, 4) is 0 Å². The number of hydrogen-bond acceptors (Lipinski definition) is 4. The molecule has 6 nitrogen and oxygen atoms in total.